The molecule has 76 valence electrons. The highest BCUT2D eigenvalue weighted by Gasteiger charge is 2.09. The van der Waals surface area contributed by atoms with Crippen LogP contribution in [0.5, 0.6) is 0 Å². The highest BCUT2D eigenvalue weighted by atomic mass is 32.1. The summed E-state index contributed by atoms with van der Waals surface area (Å²) in [6.45, 7) is 4.62. The van der Waals surface area contributed by atoms with Crippen LogP contribution in [0.15, 0.2) is 18.2 Å². The maximum absolute atomic E-state index is 10.4. The van der Waals surface area contributed by atoms with Crippen molar-refractivity contribution in [3.05, 3.63) is 18.2 Å². The average molecular weight is 213 g/mol. The topological polar surface area (TPSA) is 66.3 Å². The van der Waals surface area contributed by atoms with Gasteiger partial charge in [0, 0.05) is 13.1 Å². The van der Waals surface area contributed by atoms with Gasteiger partial charge in [-0.3, -0.25) is 4.79 Å². The predicted molar refractivity (Wildman–Crippen MR) is 54.6 cm³/mol. The first-order valence-corrected chi connectivity index (χ1v) is 4.96. The standard InChI is InChI=1S/C8H11N3O2S/c1-2-4-11(5-3-7(12)13)8-10-9-6-14-8/h2,6H,1,3-5H2,(H,12,13). The summed E-state index contributed by atoms with van der Waals surface area (Å²) in [5, 5.41) is 16.8. The molecule has 0 saturated heterocycles. The maximum Gasteiger partial charge on any atom is 0.305 e. The first-order chi connectivity index (χ1) is 6.74. The molecule has 0 saturated carbocycles. The fourth-order valence-electron chi connectivity index (χ4n) is 0.956. The lowest BCUT2D eigenvalue weighted by atomic mass is 10.4. The first kappa shape index (κ1) is 10.6. The highest BCUT2D eigenvalue weighted by molar-refractivity contribution is 7.13. The zero-order valence-corrected chi connectivity index (χ0v) is 8.40. The number of carboxylic acid groups (broad SMARTS) is 1. The van der Waals surface area contributed by atoms with Gasteiger partial charge < -0.3 is 10.0 Å². The molecule has 0 amide bonds. The Labute approximate surface area is 85.7 Å². The molecule has 0 radical (unpaired) electrons. The Morgan fingerprint density at radius 3 is 3.07 bits per heavy atom. The Hall–Kier alpha value is -1.43. The smallest absolute Gasteiger partial charge is 0.305 e. The molecule has 0 aliphatic heterocycles. The third kappa shape index (κ3) is 3.14. The number of aromatic nitrogens is 2. The average Bonchev–Trinajstić information content (AvgIpc) is 2.64. The normalized spacial score (nSPS) is 9.71. The van der Waals surface area contributed by atoms with E-state index in [2.05, 4.69) is 16.8 Å². The first-order valence-electron chi connectivity index (χ1n) is 4.08. The fraction of sp³-hybridized carbons (Fsp3) is 0.375. The van der Waals surface area contributed by atoms with E-state index in [1.165, 1.54) is 11.3 Å². The Balaban J connectivity index is 2.55. The number of anilines is 1. The molecule has 1 aromatic heterocycles. The van der Waals surface area contributed by atoms with Crippen molar-refractivity contribution in [2.24, 2.45) is 0 Å². The van der Waals surface area contributed by atoms with Crippen LogP contribution in [0.1, 0.15) is 6.42 Å². The molecule has 0 unspecified atom stereocenters. The van der Waals surface area contributed by atoms with Crippen LogP contribution in [0.25, 0.3) is 0 Å². The summed E-state index contributed by atoms with van der Waals surface area (Å²) in [5.74, 6) is -0.816. The van der Waals surface area contributed by atoms with Gasteiger partial charge in [0.1, 0.15) is 5.51 Å². The molecule has 0 bridgehead atoms. The number of rotatable bonds is 6. The van der Waals surface area contributed by atoms with Crippen molar-refractivity contribution in [1.82, 2.24) is 10.2 Å². The summed E-state index contributed by atoms with van der Waals surface area (Å²) in [7, 11) is 0. The summed E-state index contributed by atoms with van der Waals surface area (Å²) in [5.41, 5.74) is 1.62. The number of aliphatic carboxylic acids is 1. The van der Waals surface area contributed by atoms with Crippen molar-refractivity contribution >= 4 is 22.4 Å². The highest BCUT2D eigenvalue weighted by Crippen LogP contribution is 2.15. The van der Waals surface area contributed by atoms with Crippen LogP contribution in [0.4, 0.5) is 5.13 Å². The molecular weight excluding hydrogens is 202 g/mol. The van der Waals surface area contributed by atoms with Gasteiger partial charge in [-0.25, -0.2) is 0 Å². The number of carboxylic acids is 1. The number of hydrogen-bond donors (Lipinski definition) is 1. The van der Waals surface area contributed by atoms with Crippen LogP contribution in [-0.2, 0) is 4.79 Å². The molecule has 1 heterocycles. The fourth-order valence-corrected chi connectivity index (χ4v) is 1.55. The minimum Gasteiger partial charge on any atom is -0.481 e. The molecule has 0 atom stereocenters. The Morgan fingerprint density at radius 1 is 1.79 bits per heavy atom. The van der Waals surface area contributed by atoms with Gasteiger partial charge in [0.15, 0.2) is 0 Å². The van der Waals surface area contributed by atoms with Crippen molar-refractivity contribution < 1.29 is 9.90 Å². The van der Waals surface area contributed by atoms with Crippen LogP contribution < -0.4 is 4.90 Å². The molecular formula is C8H11N3O2S. The van der Waals surface area contributed by atoms with E-state index >= 15 is 0 Å². The van der Waals surface area contributed by atoms with E-state index in [-0.39, 0.29) is 6.42 Å². The van der Waals surface area contributed by atoms with Crippen LogP contribution in [0.3, 0.4) is 0 Å². The van der Waals surface area contributed by atoms with Gasteiger partial charge in [-0.15, -0.1) is 16.8 Å². The summed E-state index contributed by atoms with van der Waals surface area (Å²) >= 11 is 1.39. The van der Waals surface area contributed by atoms with E-state index in [4.69, 9.17) is 5.11 Å². The van der Waals surface area contributed by atoms with Crippen molar-refractivity contribution in [2.75, 3.05) is 18.0 Å². The van der Waals surface area contributed by atoms with E-state index in [1.54, 1.807) is 11.6 Å². The Morgan fingerprint density at radius 2 is 2.57 bits per heavy atom. The van der Waals surface area contributed by atoms with E-state index < -0.39 is 5.97 Å². The van der Waals surface area contributed by atoms with E-state index in [0.717, 1.165) is 5.13 Å². The van der Waals surface area contributed by atoms with Crippen molar-refractivity contribution in [3.63, 3.8) is 0 Å². The monoisotopic (exact) mass is 213 g/mol. The minimum atomic E-state index is -0.816. The molecule has 1 N–H and O–H groups in total. The lowest BCUT2D eigenvalue weighted by Crippen LogP contribution is -2.26. The summed E-state index contributed by atoms with van der Waals surface area (Å²) in [4.78, 5) is 12.2. The van der Waals surface area contributed by atoms with Gasteiger partial charge in [-0.1, -0.05) is 17.4 Å². The molecule has 0 aromatic carbocycles. The molecule has 0 aliphatic rings. The van der Waals surface area contributed by atoms with Gasteiger partial charge in [0.2, 0.25) is 5.13 Å². The van der Waals surface area contributed by atoms with Gasteiger partial charge in [0.25, 0.3) is 0 Å². The molecule has 0 spiro atoms. The zero-order chi connectivity index (χ0) is 10.4. The van der Waals surface area contributed by atoms with E-state index in [1.807, 2.05) is 4.90 Å². The second-order valence-corrected chi connectivity index (χ2v) is 3.41. The van der Waals surface area contributed by atoms with Crippen molar-refractivity contribution in [2.45, 2.75) is 6.42 Å². The second-order valence-electron chi connectivity index (χ2n) is 2.60. The number of hydrogen-bond acceptors (Lipinski definition) is 5. The lowest BCUT2D eigenvalue weighted by molar-refractivity contribution is -0.136. The molecule has 0 aliphatic carbocycles. The number of nitrogens with zero attached hydrogens (tertiary/aromatic N) is 3. The molecule has 0 fully saturated rings. The maximum atomic E-state index is 10.4. The van der Waals surface area contributed by atoms with Gasteiger partial charge in [0.05, 0.1) is 6.42 Å². The van der Waals surface area contributed by atoms with Gasteiger partial charge in [-0.2, -0.15) is 0 Å². The van der Waals surface area contributed by atoms with Crippen LogP contribution in [0, 0.1) is 0 Å². The summed E-state index contributed by atoms with van der Waals surface area (Å²) in [6, 6.07) is 0. The SMILES string of the molecule is C=CCN(CCC(=O)O)c1nncs1. The molecule has 5 nitrogen and oxygen atoms in total. The van der Waals surface area contributed by atoms with Crippen LogP contribution in [-0.4, -0.2) is 34.4 Å². The van der Waals surface area contributed by atoms with E-state index in [0.29, 0.717) is 13.1 Å². The molecule has 14 heavy (non-hydrogen) atoms. The summed E-state index contributed by atoms with van der Waals surface area (Å²) in [6.07, 6.45) is 1.80. The third-order valence-electron chi connectivity index (χ3n) is 1.56. The van der Waals surface area contributed by atoms with Crippen molar-refractivity contribution in [1.29, 1.82) is 0 Å². The zero-order valence-electron chi connectivity index (χ0n) is 7.59. The van der Waals surface area contributed by atoms with Gasteiger partial charge in [-0.05, 0) is 0 Å². The third-order valence-corrected chi connectivity index (χ3v) is 2.31. The predicted octanol–water partition coefficient (Wildman–Crippen LogP) is 1.01. The lowest BCUT2D eigenvalue weighted by Gasteiger charge is -2.17. The minimum absolute atomic E-state index is 0.0907. The Bertz CT molecular complexity index is 300. The number of carbonyl (C=O) groups is 1. The van der Waals surface area contributed by atoms with E-state index in [9.17, 15) is 4.79 Å². The van der Waals surface area contributed by atoms with Crippen molar-refractivity contribution in [3.8, 4) is 0 Å². The van der Waals surface area contributed by atoms with Gasteiger partial charge >= 0.3 is 5.97 Å². The second kappa shape index (κ2) is 5.33. The molecule has 1 rings (SSSR count). The van der Waals surface area contributed by atoms with Crippen LogP contribution >= 0.6 is 11.3 Å². The molecule has 1 aromatic rings. The molecule has 6 heteroatoms. The Kier molecular flexibility index (Phi) is 4.06. The quantitative estimate of drug-likeness (QED) is 0.714. The summed E-state index contributed by atoms with van der Waals surface area (Å²) < 4.78 is 0. The largest absolute Gasteiger partial charge is 0.481 e. The van der Waals surface area contributed by atoms with Crippen LogP contribution in [0.2, 0.25) is 0 Å².